The highest BCUT2D eigenvalue weighted by atomic mass is 16.3. The lowest BCUT2D eigenvalue weighted by molar-refractivity contribution is 0.234. The maximum absolute atomic E-state index is 12.2. The minimum Gasteiger partial charge on any atom is -0.469 e. The number of rotatable bonds is 3. The molecule has 0 radical (unpaired) electrons. The SMILES string of the molecule is O=C(NCc1cn2c(n1)CCCC2)NC1CCCc2occc21. The third-order valence-corrected chi connectivity index (χ3v) is 4.75. The number of furan rings is 1. The molecular weight excluding hydrogens is 292 g/mol. The third-order valence-electron chi connectivity index (χ3n) is 4.75. The Labute approximate surface area is 135 Å². The number of hydrogen-bond acceptors (Lipinski definition) is 3. The quantitative estimate of drug-likeness (QED) is 0.915. The van der Waals surface area contributed by atoms with E-state index in [2.05, 4.69) is 26.4 Å². The number of nitrogens with zero attached hydrogens (tertiary/aromatic N) is 2. The standard InChI is InChI=1S/C17H22N4O2/c22-17(20-14-4-3-5-15-13(14)7-9-23-15)18-10-12-11-21-8-2-1-6-16(21)19-12/h7,9,11,14H,1-6,8,10H2,(H2,18,20,22). The molecule has 0 saturated carbocycles. The van der Waals surface area contributed by atoms with Gasteiger partial charge in [-0.25, -0.2) is 9.78 Å². The van der Waals surface area contributed by atoms with Gasteiger partial charge >= 0.3 is 6.03 Å². The van der Waals surface area contributed by atoms with Crippen LogP contribution in [0.3, 0.4) is 0 Å². The number of carbonyl (C=O) groups excluding carboxylic acids is 1. The van der Waals surface area contributed by atoms with Gasteiger partial charge in [-0.15, -0.1) is 0 Å². The molecule has 1 unspecified atom stereocenters. The van der Waals surface area contributed by atoms with Crippen molar-refractivity contribution >= 4 is 6.03 Å². The van der Waals surface area contributed by atoms with Gasteiger partial charge in [-0.05, 0) is 31.7 Å². The summed E-state index contributed by atoms with van der Waals surface area (Å²) in [5.74, 6) is 2.15. The van der Waals surface area contributed by atoms with Gasteiger partial charge in [0.2, 0.25) is 0 Å². The van der Waals surface area contributed by atoms with Crippen LogP contribution < -0.4 is 10.6 Å². The first-order chi connectivity index (χ1) is 11.3. The van der Waals surface area contributed by atoms with Gasteiger partial charge in [0.05, 0.1) is 24.5 Å². The maximum Gasteiger partial charge on any atom is 0.315 e. The first-order valence-corrected chi connectivity index (χ1v) is 8.45. The van der Waals surface area contributed by atoms with Crippen LogP contribution in [0.2, 0.25) is 0 Å². The predicted molar refractivity (Wildman–Crippen MR) is 84.9 cm³/mol. The van der Waals surface area contributed by atoms with Gasteiger partial charge in [-0.1, -0.05) is 0 Å². The topological polar surface area (TPSA) is 72.1 Å². The average Bonchev–Trinajstić information content (AvgIpc) is 3.19. The fourth-order valence-electron chi connectivity index (χ4n) is 3.57. The summed E-state index contributed by atoms with van der Waals surface area (Å²) < 4.78 is 7.66. The molecule has 23 heavy (non-hydrogen) atoms. The molecule has 4 rings (SSSR count). The van der Waals surface area contributed by atoms with Crippen LogP contribution in [-0.2, 0) is 25.9 Å². The summed E-state index contributed by atoms with van der Waals surface area (Å²) in [6.07, 6.45) is 10.2. The van der Waals surface area contributed by atoms with Crippen LogP contribution in [0.5, 0.6) is 0 Å². The summed E-state index contributed by atoms with van der Waals surface area (Å²) in [6.45, 7) is 1.51. The molecule has 1 atom stereocenters. The summed E-state index contributed by atoms with van der Waals surface area (Å²) in [5.41, 5.74) is 2.05. The Hall–Kier alpha value is -2.24. The molecule has 2 aromatic rings. The number of aromatic nitrogens is 2. The lowest BCUT2D eigenvalue weighted by atomic mass is 9.93. The molecule has 6 nitrogen and oxygen atoms in total. The molecule has 0 bridgehead atoms. The first kappa shape index (κ1) is 14.4. The molecule has 1 aliphatic heterocycles. The molecule has 2 N–H and O–H groups in total. The van der Waals surface area contributed by atoms with Gasteiger partial charge in [-0.3, -0.25) is 0 Å². The van der Waals surface area contributed by atoms with Crippen LogP contribution in [0.15, 0.2) is 22.9 Å². The van der Waals surface area contributed by atoms with E-state index < -0.39 is 0 Å². The first-order valence-electron chi connectivity index (χ1n) is 8.45. The zero-order chi connectivity index (χ0) is 15.6. The van der Waals surface area contributed by atoms with Crippen LogP contribution in [-0.4, -0.2) is 15.6 Å². The Morgan fingerprint density at radius 2 is 2.30 bits per heavy atom. The number of urea groups is 1. The lowest BCUT2D eigenvalue weighted by Gasteiger charge is -2.22. The van der Waals surface area contributed by atoms with E-state index >= 15 is 0 Å². The molecule has 6 heteroatoms. The van der Waals surface area contributed by atoms with E-state index in [1.807, 2.05) is 6.07 Å². The fraction of sp³-hybridized carbons (Fsp3) is 0.529. The highest BCUT2D eigenvalue weighted by Gasteiger charge is 2.24. The van der Waals surface area contributed by atoms with E-state index in [-0.39, 0.29) is 12.1 Å². The monoisotopic (exact) mass is 314 g/mol. The molecule has 2 amide bonds. The molecule has 0 spiro atoms. The van der Waals surface area contributed by atoms with Crippen molar-refractivity contribution in [3.05, 3.63) is 41.4 Å². The molecule has 2 aromatic heterocycles. The van der Waals surface area contributed by atoms with Gasteiger partial charge in [0, 0.05) is 31.1 Å². The van der Waals surface area contributed by atoms with Crippen LogP contribution in [0.25, 0.3) is 0 Å². The number of imidazole rings is 1. The van der Waals surface area contributed by atoms with Crippen molar-refractivity contribution in [1.29, 1.82) is 0 Å². The van der Waals surface area contributed by atoms with E-state index in [4.69, 9.17) is 4.42 Å². The summed E-state index contributed by atoms with van der Waals surface area (Å²) in [7, 11) is 0. The summed E-state index contributed by atoms with van der Waals surface area (Å²) in [5, 5.41) is 5.97. The largest absolute Gasteiger partial charge is 0.469 e. The van der Waals surface area contributed by atoms with Crippen LogP contribution in [0.4, 0.5) is 4.79 Å². The number of amides is 2. The number of carbonyl (C=O) groups is 1. The molecular formula is C17H22N4O2. The highest BCUT2D eigenvalue weighted by molar-refractivity contribution is 5.74. The molecule has 0 saturated heterocycles. The van der Waals surface area contributed by atoms with Crippen molar-refractivity contribution in [2.75, 3.05) is 0 Å². The van der Waals surface area contributed by atoms with Gasteiger partial charge < -0.3 is 19.6 Å². The van der Waals surface area contributed by atoms with E-state index in [0.717, 1.165) is 55.1 Å². The Balaban J connectivity index is 1.33. The Bertz CT molecular complexity index is 680. The minimum absolute atomic E-state index is 0.0488. The van der Waals surface area contributed by atoms with Crippen molar-refractivity contribution in [2.24, 2.45) is 0 Å². The Kier molecular flexibility index (Phi) is 3.81. The third kappa shape index (κ3) is 2.98. The molecule has 2 aliphatic rings. The fourth-order valence-corrected chi connectivity index (χ4v) is 3.57. The number of aryl methyl sites for hydroxylation is 3. The van der Waals surface area contributed by atoms with Crippen molar-refractivity contribution < 1.29 is 9.21 Å². The van der Waals surface area contributed by atoms with Gasteiger partial charge in [0.25, 0.3) is 0 Å². The van der Waals surface area contributed by atoms with Gasteiger partial charge in [-0.2, -0.15) is 0 Å². The zero-order valence-corrected chi connectivity index (χ0v) is 13.2. The number of nitrogens with one attached hydrogen (secondary N) is 2. The minimum atomic E-state index is -0.143. The van der Waals surface area contributed by atoms with Crippen LogP contribution >= 0.6 is 0 Å². The van der Waals surface area contributed by atoms with Crippen molar-refractivity contribution in [2.45, 2.75) is 57.7 Å². The van der Waals surface area contributed by atoms with Crippen LogP contribution in [0, 0.1) is 0 Å². The van der Waals surface area contributed by atoms with Gasteiger partial charge in [0.15, 0.2) is 0 Å². The van der Waals surface area contributed by atoms with E-state index in [9.17, 15) is 4.79 Å². The maximum atomic E-state index is 12.2. The zero-order valence-electron chi connectivity index (χ0n) is 13.2. The summed E-state index contributed by atoms with van der Waals surface area (Å²) in [4.78, 5) is 16.8. The molecule has 3 heterocycles. The normalized spacial score (nSPS) is 19.7. The number of fused-ring (bicyclic) bond motifs is 2. The van der Waals surface area contributed by atoms with E-state index in [1.54, 1.807) is 6.26 Å². The number of hydrogen-bond donors (Lipinski definition) is 2. The molecule has 0 aromatic carbocycles. The smallest absolute Gasteiger partial charge is 0.315 e. The van der Waals surface area contributed by atoms with Crippen molar-refractivity contribution in [3.63, 3.8) is 0 Å². The lowest BCUT2D eigenvalue weighted by Crippen LogP contribution is -2.38. The van der Waals surface area contributed by atoms with Crippen molar-refractivity contribution in [3.8, 4) is 0 Å². The Morgan fingerprint density at radius 1 is 1.35 bits per heavy atom. The van der Waals surface area contributed by atoms with Crippen LogP contribution in [0.1, 0.15) is 54.6 Å². The van der Waals surface area contributed by atoms with E-state index in [0.29, 0.717) is 6.54 Å². The summed E-state index contributed by atoms with van der Waals surface area (Å²) >= 11 is 0. The van der Waals surface area contributed by atoms with E-state index in [1.165, 1.54) is 12.8 Å². The second kappa shape index (κ2) is 6.10. The van der Waals surface area contributed by atoms with Crippen molar-refractivity contribution in [1.82, 2.24) is 20.2 Å². The highest BCUT2D eigenvalue weighted by Crippen LogP contribution is 2.30. The Morgan fingerprint density at radius 3 is 3.22 bits per heavy atom. The van der Waals surface area contributed by atoms with Gasteiger partial charge in [0.1, 0.15) is 11.6 Å². The molecule has 0 fully saturated rings. The second-order valence-electron chi connectivity index (χ2n) is 6.37. The average molecular weight is 314 g/mol. The molecule has 122 valence electrons. The summed E-state index contributed by atoms with van der Waals surface area (Å²) in [6, 6.07) is 1.87. The predicted octanol–water partition coefficient (Wildman–Crippen LogP) is 2.69. The molecule has 1 aliphatic carbocycles. The second-order valence-corrected chi connectivity index (χ2v) is 6.37.